The normalized spacial score (nSPS) is 17.3. The molecule has 2 heterocycles. The number of nitrogens with two attached hydrogens (primary N) is 1. The van der Waals surface area contributed by atoms with Crippen molar-refractivity contribution in [1.82, 2.24) is 10.3 Å². The van der Waals surface area contributed by atoms with E-state index >= 15 is 0 Å². The SMILES string of the molecule is NNC(=O)c1ccc(CN2CCC(OCCO)CC2)s1. The first-order valence-electron chi connectivity index (χ1n) is 6.77. The second-order valence-corrected chi connectivity index (χ2v) is 5.98. The molecular formula is C13H21N3O3S. The third-order valence-corrected chi connectivity index (χ3v) is 4.44. The number of carbonyl (C=O) groups is 1. The Hall–Kier alpha value is -0.990. The zero-order valence-corrected chi connectivity index (χ0v) is 12.2. The maximum atomic E-state index is 11.4. The molecule has 112 valence electrons. The monoisotopic (exact) mass is 299 g/mol. The summed E-state index contributed by atoms with van der Waals surface area (Å²) in [5.74, 6) is 4.88. The largest absolute Gasteiger partial charge is 0.394 e. The molecule has 1 amide bonds. The number of likely N-dealkylation sites (tertiary alicyclic amines) is 1. The average Bonchev–Trinajstić information content (AvgIpc) is 2.94. The van der Waals surface area contributed by atoms with Gasteiger partial charge in [-0.15, -0.1) is 11.3 Å². The Morgan fingerprint density at radius 1 is 1.50 bits per heavy atom. The number of aliphatic hydroxyl groups excluding tert-OH is 1. The molecule has 1 saturated heterocycles. The minimum Gasteiger partial charge on any atom is -0.394 e. The van der Waals surface area contributed by atoms with Gasteiger partial charge in [0.15, 0.2) is 0 Å². The van der Waals surface area contributed by atoms with Gasteiger partial charge in [0.05, 0.1) is 24.2 Å². The molecule has 0 aromatic carbocycles. The van der Waals surface area contributed by atoms with Gasteiger partial charge in [-0.1, -0.05) is 0 Å². The highest BCUT2D eigenvalue weighted by Gasteiger charge is 2.20. The lowest BCUT2D eigenvalue weighted by atomic mass is 10.1. The summed E-state index contributed by atoms with van der Waals surface area (Å²) in [6, 6.07) is 3.78. The Balaban J connectivity index is 1.77. The lowest BCUT2D eigenvalue weighted by Gasteiger charge is -2.31. The van der Waals surface area contributed by atoms with E-state index < -0.39 is 0 Å². The first-order valence-corrected chi connectivity index (χ1v) is 7.59. The number of carbonyl (C=O) groups excluding carboxylic acids is 1. The van der Waals surface area contributed by atoms with Crippen LogP contribution in [-0.2, 0) is 11.3 Å². The van der Waals surface area contributed by atoms with E-state index in [1.807, 2.05) is 6.07 Å². The molecule has 1 aliphatic rings. The molecule has 4 N–H and O–H groups in total. The topological polar surface area (TPSA) is 87.8 Å². The zero-order valence-electron chi connectivity index (χ0n) is 11.4. The first-order chi connectivity index (χ1) is 9.72. The van der Waals surface area contributed by atoms with Crippen LogP contribution in [-0.4, -0.2) is 48.3 Å². The molecule has 1 aromatic heterocycles. The standard InChI is InChI=1S/C13H21N3O3S/c14-15-13(18)12-2-1-11(20-12)9-16-5-3-10(4-6-16)19-8-7-17/h1-2,10,17H,3-9,14H2,(H,15,18). The number of hydrogen-bond acceptors (Lipinski definition) is 6. The minimum atomic E-state index is -0.239. The minimum absolute atomic E-state index is 0.0847. The van der Waals surface area contributed by atoms with Gasteiger partial charge in [0.2, 0.25) is 0 Å². The van der Waals surface area contributed by atoms with Gasteiger partial charge in [0.25, 0.3) is 5.91 Å². The summed E-state index contributed by atoms with van der Waals surface area (Å²) < 4.78 is 5.54. The number of thiophene rings is 1. The first kappa shape index (κ1) is 15.4. The van der Waals surface area contributed by atoms with Crippen LogP contribution in [0.5, 0.6) is 0 Å². The predicted octanol–water partition coefficient (Wildman–Crippen LogP) is 0.325. The highest BCUT2D eigenvalue weighted by molar-refractivity contribution is 7.14. The molecule has 0 atom stereocenters. The number of hydrazine groups is 1. The van der Waals surface area contributed by atoms with Crippen molar-refractivity contribution in [3.63, 3.8) is 0 Å². The summed E-state index contributed by atoms with van der Waals surface area (Å²) in [7, 11) is 0. The Kier molecular flexibility index (Phi) is 5.93. The number of piperidine rings is 1. The Morgan fingerprint density at radius 3 is 2.90 bits per heavy atom. The summed E-state index contributed by atoms with van der Waals surface area (Å²) in [6.45, 7) is 3.32. The van der Waals surface area contributed by atoms with Gasteiger partial charge in [-0.25, -0.2) is 5.84 Å². The molecule has 1 aromatic rings. The lowest BCUT2D eigenvalue weighted by Crippen LogP contribution is -2.36. The van der Waals surface area contributed by atoms with Crippen LogP contribution in [0.15, 0.2) is 12.1 Å². The number of aliphatic hydroxyl groups is 1. The van der Waals surface area contributed by atoms with E-state index in [-0.39, 0.29) is 18.6 Å². The third kappa shape index (κ3) is 4.26. The summed E-state index contributed by atoms with van der Waals surface area (Å²) in [5.41, 5.74) is 2.14. The van der Waals surface area contributed by atoms with Crippen LogP contribution >= 0.6 is 11.3 Å². The van der Waals surface area contributed by atoms with Crippen LogP contribution in [0.2, 0.25) is 0 Å². The molecule has 2 rings (SSSR count). The number of hydrogen-bond donors (Lipinski definition) is 3. The predicted molar refractivity (Wildman–Crippen MR) is 77.3 cm³/mol. The third-order valence-electron chi connectivity index (χ3n) is 3.38. The fraction of sp³-hybridized carbons (Fsp3) is 0.615. The van der Waals surface area contributed by atoms with Crippen LogP contribution in [0.25, 0.3) is 0 Å². The van der Waals surface area contributed by atoms with Crippen LogP contribution < -0.4 is 11.3 Å². The summed E-state index contributed by atoms with van der Waals surface area (Å²) in [4.78, 5) is 15.5. The number of nitrogen functional groups attached to an aromatic ring is 1. The molecular weight excluding hydrogens is 278 g/mol. The number of amides is 1. The summed E-state index contributed by atoms with van der Waals surface area (Å²) >= 11 is 1.48. The molecule has 7 heteroatoms. The van der Waals surface area contributed by atoms with Crippen LogP contribution in [0, 0.1) is 0 Å². The Morgan fingerprint density at radius 2 is 2.25 bits per heavy atom. The number of nitrogens with one attached hydrogen (secondary N) is 1. The number of rotatable bonds is 6. The summed E-state index contributed by atoms with van der Waals surface area (Å²) in [5, 5.41) is 8.74. The molecule has 1 aliphatic heterocycles. The van der Waals surface area contributed by atoms with E-state index in [4.69, 9.17) is 15.7 Å². The van der Waals surface area contributed by atoms with Gasteiger partial charge in [0, 0.05) is 24.5 Å². The van der Waals surface area contributed by atoms with Crippen molar-refractivity contribution in [3.05, 3.63) is 21.9 Å². The number of ether oxygens (including phenoxy) is 1. The van der Waals surface area contributed by atoms with Gasteiger partial charge in [0.1, 0.15) is 0 Å². The molecule has 0 spiro atoms. The van der Waals surface area contributed by atoms with Crippen molar-refractivity contribution >= 4 is 17.2 Å². The molecule has 20 heavy (non-hydrogen) atoms. The molecule has 1 fully saturated rings. The van der Waals surface area contributed by atoms with Crippen molar-refractivity contribution in [2.75, 3.05) is 26.3 Å². The Labute approximate surface area is 122 Å². The highest BCUT2D eigenvalue weighted by Crippen LogP contribution is 2.21. The van der Waals surface area contributed by atoms with E-state index in [1.165, 1.54) is 16.2 Å². The van der Waals surface area contributed by atoms with Gasteiger partial charge in [-0.3, -0.25) is 15.1 Å². The molecule has 6 nitrogen and oxygen atoms in total. The van der Waals surface area contributed by atoms with Crippen LogP contribution in [0.3, 0.4) is 0 Å². The number of nitrogens with zero attached hydrogens (tertiary/aromatic N) is 1. The fourth-order valence-corrected chi connectivity index (χ4v) is 3.28. The molecule has 0 unspecified atom stereocenters. The van der Waals surface area contributed by atoms with Gasteiger partial charge in [-0.2, -0.15) is 0 Å². The maximum Gasteiger partial charge on any atom is 0.275 e. The van der Waals surface area contributed by atoms with E-state index in [1.54, 1.807) is 6.07 Å². The molecule has 0 aliphatic carbocycles. The van der Waals surface area contributed by atoms with E-state index in [0.29, 0.717) is 11.5 Å². The smallest absolute Gasteiger partial charge is 0.275 e. The highest BCUT2D eigenvalue weighted by atomic mass is 32.1. The second-order valence-electron chi connectivity index (χ2n) is 4.81. The van der Waals surface area contributed by atoms with Crippen molar-refractivity contribution in [1.29, 1.82) is 0 Å². The van der Waals surface area contributed by atoms with E-state index in [9.17, 15) is 4.79 Å². The van der Waals surface area contributed by atoms with E-state index in [2.05, 4.69) is 10.3 Å². The quantitative estimate of drug-likeness (QED) is 0.400. The fourth-order valence-electron chi connectivity index (χ4n) is 2.33. The second kappa shape index (κ2) is 7.70. The van der Waals surface area contributed by atoms with Crippen LogP contribution in [0.1, 0.15) is 27.4 Å². The van der Waals surface area contributed by atoms with Crippen LogP contribution in [0.4, 0.5) is 0 Å². The van der Waals surface area contributed by atoms with Gasteiger partial charge >= 0.3 is 0 Å². The van der Waals surface area contributed by atoms with Gasteiger partial charge < -0.3 is 9.84 Å². The van der Waals surface area contributed by atoms with E-state index in [0.717, 1.165) is 32.5 Å². The lowest BCUT2D eigenvalue weighted by molar-refractivity contribution is -0.00886. The van der Waals surface area contributed by atoms with Crippen molar-refractivity contribution < 1.29 is 14.6 Å². The maximum absolute atomic E-state index is 11.4. The zero-order chi connectivity index (χ0) is 14.4. The molecule has 0 saturated carbocycles. The molecule has 0 bridgehead atoms. The summed E-state index contributed by atoms with van der Waals surface area (Å²) in [6.07, 6.45) is 2.24. The average molecular weight is 299 g/mol. The molecule has 0 radical (unpaired) electrons. The Bertz CT molecular complexity index is 430. The van der Waals surface area contributed by atoms with Crippen molar-refractivity contribution in [3.8, 4) is 0 Å². The van der Waals surface area contributed by atoms with Crippen molar-refractivity contribution in [2.45, 2.75) is 25.5 Å². The van der Waals surface area contributed by atoms with Gasteiger partial charge in [-0.05, 0) is 25.0 Å². The van der Waals surface area contributed by atoms with Crippen molar-refractivity contribution in [2.24, 2.45) is 5.84 Å².